The number of hydrogen-bond acceptors (Lipinski definition) is 7. The Morgan fingerprint density at radius 1 is 0.750 bits per heavy atom. The lowest BCUT2D eigenvalue weighted by Crippen LogP contribution is -2.42. The van der Waals surface area contributed by atoms with Crippen LogP contribution in [0.4, 0.5) is 0 Å². The van der Waals surface area contributed by atoms with E-state index in [9.17, 15) is 9.90 Å². The maximum Gasteiger partial charge on any atom is 0.335 e. The van der Waals surface area contributed by atoms with E-state index in [1.807, 2.05) is 91.0 Å². The highest BCUT2D eigenvalue weighted by Gasteiger charge is 2.46. The number of nitrogens with one attached hydrogen (secondary N) is 1. The number of esters is 1. The van der Waals surface area contributed by atoms with Gasteiger partial charge in [-0.2, -0.15) is 0 Å². The molecular formula is C33H41NO6. The van der Waals surface area contributed by atoms with E-state index in [1.54, 1.807) is 20.8 Å². The molecule has 2 N–H and O–H groups in total. The minimum absolute atomic E-state index is 0.120. The van der Waals surface area contributed by atoms with Crippen molar-refractivity contribution in [2.24, 2.45) is 0 Å². The Morgan fingerprint density at radius 3 is 1.68 bits per heavy atom. The molecule has 1 fully saturated rings. The predicted molar refractivity (Wildman–Crippen MR) is 153 cm³/mol. The van der Waals surface area contributed by atoms with Gasteiger partial charge in [-0.15, -0.1) is 0 Å². The third-order valence-electron chi connectivity index (χ3n) is 6.68. The molecular weight excluding hydrogens is 506 g/mol. The minimum atomic E-state index is -1.31. The molecule has 1 heterocycles. The Bertz CT molecular complexity index is 1150. The van der Waals surface area contributed by atoms with Crippen LogP contribution in [0.5, 0.6) is 0 Å². The average Bonchev–Trinajstić information content (AvgIpc) is 3.27. The first-order valence-electron chi connectivity index (χ1n) is 13.9. The van der Waals surface area contributed by atoms with E-state index in [4.69, 9.17) is 18.9 Å². The van der Waals surface area contributed by atoms with Crippen LogP contribution < -0.4 is 5.32 Å². The molecule has 0 aliphatic carbocycles. The lowest BCUT2D eigenvalue weighted by molar-refractivity contribution is -0.166. The van der Waals surface area contributed by atoms with Crippen LogP contribution in [-0.4, -0.2) is 53.7 Å². The Labute approximate surface area is 237 Å². The highest BCUT2D eigenvalue weighted by molar-refractivity contribution is 5.74. The van der Waals surface area contributed by atoms with Crippen LogP contribution >= 0.6 is 0 Å². The van der Waals surface area contributed by atoms with Crippen molar-refractivity contribution in [3.05, 3.63) is 108 Å². The number of rotatable bonds is 13. The zero-order chi connectivity index (χ0) is 28.4. The third kappa shape index (κ3) is 9.25. The van der Waals surface area contributed by atoms with Gasteiger partial charge in [0.1, 0.15) is 17.8 Å². The summed E-state index contributed by atoms with van der Waals surface area (Å²) in [4.78, 5) is 12.6. The number of aliphatic hydroxyl groups excluding tert-OH is 1. The van der Waals surface area contributed by atoms with Crippen LogP contribution in [0.2, 0.25) is 0 Å². The Balaban J connectivity index is 1.51. The van der Waals surface area contributed by atoms with Crippen molar-refractivity contribution < 1.29 is 28.8 Å². The molecule has 0 radical (unpaired) electrons. The maximum absolute atomic E-state index is 12.6. The second-order valence-electron chi connectivity index (χ2n) is 11.2. The summed E-state index contributed by atoms with van der Waals surface area (Å²) in [5.41, 5.74) is 2.46. The maximum atomic E-state index is 12.6. The van der Waals surface area contributed by atoms with Crippen LogP contribution in [0.3, 0.4) is 0 Å². The second-order valence-corrected chi connectivity index (χ2v) is 11.2. The monoisotopic (exact) mass is 547 g/mol. The summed E-state index contributed by atoms with van der Waals surface area (Å²) in [6, 6.07) is 29.3. The lowest BCUT2D eigenvalue weighted by atomic mass is 10.0. The SMILES string of the molecule is CC(C)(C)OC(=O)[C@@H](O)C[C@@H]1N[C@H](COCc2ccccc2)[C@@H](OCc2ccccc2)[C@H]1OCc1ccccc1. The molecule has 40 heavy (non-hydrogen) atoms. The molecule has 3 aromatic rings. The summed E-state index contributed by atoms with van der Waals surface area (Å²) < 4.78 is 24.5. The summed E-state index contributed by atoms with van der Waals surface area (Å²) in [6.07, 6.45) is -2.01. The largest absolute Gasteiger partial charge is 0.458 e. The molecule has 0 saturated carbocycles. The molecule has 7 nitrogen and oxygen atoms in total. The van der Waals surface area contributed by atoms with Gasteiger partial charge in [0.05, 0.1) is 32.5 Å². The summed E-state index contributed by atoms with van der Waals surface area (Å²) in [5.74, 6) is -0.651. The molecule has 5 atom stereocenters. The minimum Gasteiger partial charge on any atom is -0.458 e. The first kappa shape index (κ1) is 29.9. The summed E-state index contributed by atoms with van der Waals surface area (Å²) >= 11 is 0. The molecule has 0 aromatic heterocycles. The normalized spacial score (nSPS) is 21.7. The molecule has 1 saturated heterocycles. The first-order chi connectivity index (χ1) is 19.3. The molecule has 1 aliphatic heterocycles. The van der Waals surface area contributed by atoms with E-state index in [2.05, 4.69) is 5.32 Å². The fourth-order valence-electron chi connectivity index (χ4n) is 4.81. The van der Waals surface area contributed by atoms with E-state index in [0.29, 0.717) is 26.4 Å². The van der Waals surface area contributed by atoms with Gasteiger partial charge in [-0.05, 0) is 37.5 Å². The van der Waals surface area contributed by atoms with Crippen molar-refractivity contribution in [2.75, 3.05) is 6.61 Å². The number of ether oxygens (including phenoxy) is 4. The lowest BCUT2D eigenvalue weighted by Gasteiger charge is -2.27. The van der Waals surface area contributed by atoms with Gasteiger partial charge in [-0.1, -0.05) is 91.0 Å². The van der Waals surface area contributed by atoms with Gasteiger partial charge in [0, 0.05) is 12.5 Å². The van der Waals surface area contributed by atoms with Crippen molar-refractivity contribution in [1.29, 1.82) is 0 Å². The molecule has 4 rings (SSSR count). The van der Waals surface area contributed by atoms with Gasteiger partial charge >= 0.3 is 5.97 Å². The van der Waals surface area contributed by atoms with Gasteiger partial charge in [-0.25, -0.2) is 4.79 Å². The van der Waals surface area contributed by atoms with Crippen molar-refractivity contribution in [1.82, 2.24) is 5.32 Å². The van der Waals surface area contributed by atoms with E-state index in [0.717, 1.165) is 16.7 Å². The number of carbonyl (C=O) groups excluding carboxylic acids is 1. The Hall–Kier alpha value is -3.07. The van der Waals surface area contributed by atoms with Crippen molar-refractivity contribution in [3.63, 3.8) is 0 Å². The number of benzene rings is 3. The van der Waals surface area contributed by atoms with Crippen LogP contribution in [-0.2, 0) is 43.6 Å². The zero-order valence-corrected chi connectivity index (χ0v) is 23.6. The highest BCUT2D eigenvalue weighted by Crippen LogP contribution is 2.27. The van der Waals surface area contributed by atoms with Gasteiger partial charge < -0.3 is 29.4 Å². The topological polar surface area (TPSA) is 86.3 Å². The fourth-order valence-corrected chi connectivity index (χ4v) is 4.81. The molecule has 0 spiro atoms. The number of hydrogen-bond donors (Lipinski definition) is 2. The van der Waals surface area contributed by atoms with Crippen LogP contribution in [0, 0.1) is 0 Å². The zero-order valence-electron chi connectivity index (χ0n) is 23.6. The van der Waals surface area contributed by atoms with Gasteiger partial charge in [0.2, 0.25) is 0 Å². The Morgan fingerprint density at radius 2 is 1.20 bits per heavy atom. The average molecular weight is 548 g/mol. The van der Waals surface area contributed by atoms with Crippen molar-refractivity contribution >= 4 is 5.97 Å². The van der Waals surface area contributed by atoms with Crippen LogP contribution in [0.1, 0.15) is 43.9 Å². The van der Waals surface area contributed by atoms with Crippen molar-refractivity contribution in [3.8, 4) is 0 Å². The summed E-state index contributed by atoms with van der Waals surface area (Å²) in [6.45, 7) is 6.95. The van der Waals surface area contributed by atoms with Crippen LogP contribution in [0.15, 0.2) is 91.0 Å². The van der Waals surface area contributed by atoms with Crippen LogP contribution in [0.25, 0.3) is 0 Å². The molecule has 3 aromatic carbocycles. The van der Waals surface area contributed by atoms with Gasteiger partial charge in [-0.3, -0.25) is 0 Å². The summed E-state index contributed by atoms with van der Waals surface area (Å²) in [7, 11) is 0. The Kier molecular flexibility index (Phi) is 10.9. The summed E-state index contributed by atoms with van der Waals surface area (Å²) in [5, 5.41) is 14.4. The number of aliphatic hydroxyl groups is 1. The standard InChI is InChI=1S/C33H41NO6/c1-33(2,3)40-32(36)29(35)19-27-30(38-21-25-15-9-5-10-16-25)31(39-22-26-17-11-6-12-18-26)28(34-27)23-37-20-24-13-7-4-8-14-24/h4-18,27-31,34-35H,19-23H2,1-3H3/t27-,28+,29-,30-,31+/m0/s1. The highest BCUT2D eigenvalue weighted by atomic mass is 16.6. The molecule has 7 heteroatoms. The smallest absolute Gasteiger partial charge is 0.335 e. The van der Waals surface area contributed by atoms with Gasteiger partial charge in [0.15, 0.2) is 6.10 Å². The molecule has 0 unspecified atom stereocenters. The quantitative estimate of drug-likeness (QED) is 0.297. The predicted octanol–water partition coefficient (Wildman–Crippen LogP) is 4.81. The van der Waals surface area contributed by atoms with E-state index in [-0.39, 0.29) is 24.6 Å². The molecule has 0 bridgehead atoms. The number of carbonyl (C=O) groups is 1. The second kappa shape index (κ2) is 14.5. The molecule has 1 aliphatic rings. The molecule has 214 valence electrons. The third-order valence-corrected chi connectivity index (χ3v) is 6.68. The fraction of sp³-hybridized carbons (Fsp3) is 0.424. The first-order valence-corrected chi connectivity index (χ1v) is 13.9. The van der Waals surface area contributed by atoms with E-state index >= 15 is 0 Å². The van der Waals surface area contributed by atoms with Gasteiger partial charge in [0.25, 0.3) is 0 Å². The molecule has 0 amide bonds. The van der Waals surface area contributed by atoms with Crippen molar-refractivity contribution in [2.45, 2.75) is 83.0 Å². The van der Waals surface area contributed by atoms with E-state index in [1.165, 1.54) is 0 Å². The van der Waals surface area contributed by atoms with E-state index < -0.39 is 23.8 Å².